The highest BCUT2D eigenvalue weighted by molar-refractivity contribution is 6.06. The molecule has 8 heteroatoms. The molecule has 7 nitrogen and oxygen atoms in total. The van der Waals surface area contributed by atoms with E-state index in [1.807, 2.05) is 0 Å². The first-order valence-corrected chi connectivity index (χ1v) is 8.83. The maximum Gasteiger partial charge on any atom is 0.292 e. The first kappa shape index (κ1) is 18.3. The number of hydrogen-bond acceptors (Lipinski definition) is 4. The van der Waals surface area contributed by atoms with Gasteiger partial charge in [-0.1, -0.05) is 6.07 Å². The van der Waals surface area contributed by atoms with Crippen LogP contribution >= 0.6 is 0 Å². The molecule has 0 fully saturated rings. The van der Waals surface area contributed by atoms with E-state index in [0.29, 0.717) is 17.7 Å². The van der Waals surface area contributed by atoms with Gasteiger partial charge in [0, 0.05) is 30.8 Å². The molecule has 1 aromatic carbocycles. The van der Waals surface area contributed by atoms with Crippen LogP contribution in [0.15, 0.2) is 73.2 Å². The van der Waals surface area contributed by atoms with Crippen LogP contribution in [-0.4, -0.2) is 26.2 Å². The molecule has 0 aliphatic rings. The van der Waals surface area contributed by atoms with Crippen molar-refractivity contribution in [2.24, 2.45) is 0 Å². The summed E-state index contributed by atoms with van der Waals surface area (Å²) in [6, 6.07) is 14.2. The smallest absolute Gasteiger partial charge is 0.292 e. The highest BCUT2D eigenvalue weighted by Gasteiger charge is 2.21. The highest BCUT2D eigenvalue weighted by Crippen LogP contribution is 2.16. The second kappa shape index (κ2) is 7.89. The summed E-state index contributed by atoms with van der Waals surface area (Å²) in [6.45, 7) is 0.310. The molecule has 4 rings (SSSR count). The number of amides is 2. The van der Waals surface area contributed by atoms with Crippen LogP contribution in [0.2, 0.25) is 0 Å². The third kappa shape index (κ3) is 3.96. The van der Waals surface area contributed by atoms with Crippen molar-refractivity contribution in [3.8, 4) is 0 Å². The van der Waals surface area contributed by atoms with E-state index in [0.717, 1.165) is 5.56 Å². The predicted octanol–water partition coefficient (Wildman–Crippen LogP) is 3.05. The topological polar surface area (TPSA) is 88.4 Å². The summed E-state index contributed by atoms with van der Waals surface area (Å²) in [7, 11) is 0. The van der Waals surface area contributed by atoms with Gasteiger partial charge in [-0.15, -0.1) is 0 Å². The lowest BCUT2D eigenvalue weighted by Gasteiger charge is -2.04. The fraction of sp³-hybridized carbons (Fsp3) is 0.0476. The van der Waals surface area contributed by atoms with Crippen molar-refractivity contribution in [2.75, 3.05) is 5.32 Å². The number of rotatable bonds is 5. The summed E-state index contributed by atoms with van der Waals surface area (Å²) in [5.74, 6) is -1.25. The fourth-order valence-electron chi connectivity index (χ4n) is 2.85. The van der Waals surface area contributed by atoms with Gasteiger partial charge >= 0.3 is 0 Å². The van der Waals surface area contributed by atoms with Gasteiger partial charge in [0.15, 0.2) is 5.69 Å². The van der Waals surface area contributed by atoms with E-state index in [1.165, 1.54) is 24.3 Å². The molecular weight excluding hydrogens is 373 g/mol. The SMILES string of the molecule is O=C(NCc1ccncc1)c1nc(C(=O)Nc2ccc(F)cc2)n2ccccc12. The van der Waals surface area contributed by atoms with Gasteiger partial charge in [0.05, 0.1) is 5.52 Å². The predicted molar refractivity (Wildman–Crippen MR) is 105 cm³/mol. The number of nitrogens with zero attached hydrogens (tertiary/aromatic N) is 3. The molecule has 0 atom stereocenters. The Morgan fingerprint density at radius 2 is 1.72 bits per heavy atom. The van der Waals surface area contributed by atoms with Gasteiger partial charge in [-0.3, -0.25) is 19.0 Å². The molecule has 0 radical (unpaired) electrons. The van der Waals surface area contributed by atoms with Crippen molar-refractivity contribution < 1.29 is 14.0 Å². The lowest BCUT2D eigenvalue weighted by atomic mass is 10.2. The Morgan fingerprint density at radius 3 is 2.48 bits per heavy atom. The van der Waals surface area contributed by atoms with Crippen LogP contribution in [0.1, 0.15) is 26.7 Å². The quantitative estimate of drug-likeness (QED) is 0.549. The summed E-state index contributed by atoms with van der Waals surface area (Å²) >= 11 is 0. The second-order valence-corrected chi connectivity index (χ2v) is 6.24. The Balaban J connectivity index is 1.60. The van der Waals surface area contributed by atoms with Crippen LogP contribution in [0, 0.1) is 5.82 Å². The third-order valence-electron chi connectivity index (χ3n) is 4.27. The Labute approximate surface area is 165 Å². The van der Waals surface area contributed by atoms with E-state index in [4.69, 9.17) is 0 Å². The first-order chi connectivity index (χ1) is 14.1. The average Bonchev–Trinajstić information content (AvgIpc) is 3.14. The Morgan fingerprint density at radius 1 is 0.966 bits per heavy atom. The second-order valence-electron chi connectivity index (χ2n) is 6.24. The summed E-state index contributed by atoms with van der Waals surface area (Å²) < 4.78 is 14.6. The standard InChI is InChI=1S/C21H16FN5O2/c22-15-4-6-16(7-5-15)25-21(29)19-26-18(17-3-1-2-12-27(17)19)20(28)24-13-14-8-10-23-11-9-14/h1-12H,13H2,(H,24,28)(H,25,29). The molecule has 0 saturated carbocycles. The van der Waals surface area contributed by atoms with E-state index in [2.05, 4.69) is 20.6 Å². The number of halogens is 1. The average molecular weight is 389 g/mol. The van der Waals surface area contributed by atoms with Gasteiger partial charge < -0.3 is 10.6 Å². The molecule has 144 valence electrons. The molecule has 3 aromatic heterocycles. The number of nitrogens with one attached hydrogen (secondary N) is 2. The van der Waals surface area contributed by atoms with E-state index >= 15 is 0 Å². The number of anilines is 1. The zero-order valence-corrected chi connectivity index (χ0v) is 15.2. The summed E-state index contributed by atoms with van der Waals surface area (Å²) in [5, 5.41) is 5.46. The molecule has 4 aromatic rings. The molecule has 2 N–H and O–H groups in total. The van der Waals surface area contributed by atoms with Crippen molar-refractivity contribution in [1.82, 2.24) is 19.7 Å². The lowest BCUT2D eigenvalue weighted by molar-refractivity contribution is 0.0948. The molecule has 0 saturated heterocycles. The van der Waals surface area contributed by atoms with Crippen molar-refractivity contribution >= 4 is 23.0 Å². The zero-order valence-electron chi connectivity index (χ0n) is 15.2. The number of carbonyl (C=O) groups is 2. The summed E-state index contributed by atoms with van der Waals surface area (Å²) in [4.78, 5) is 33.6. The van der Waals surface area contributed by atoms with E-state index < -0.39 is 17.6 Å². The van der Waals surface area contributed by atoms with E-state index in [9.17, 15) is 14.0 Å². The number of carbonyl (C=O) groups excluding carboxylic acids is 2. The van der Waals surface area contributed by atoms with Crippen LogP contribution in [0.4, 0.5) is 10.1 Å². The van der Waals surface area contributed by atoms with Crippen molar-refractivity contribution in [1.29, 1.82) is 0 Å². The molecule has 0 aliphatic carbocycles. The molecule has 0 spiro atoms. The van der Waals surface area contributed by atoms with Gasteiger partial charge in [-0.2, -0.15) is 0 Å². The maximum atomic E-state index is 13.1. The molecule has 0 bridgehead atoms. The third-order valence-corrected chi connectivity index (χ3v) is 4.27. The van der Waals surface area contributed by atoms with Gasteiger partial charge in [0.25, 0.3) is 11.8 Å². The lowest BCUT2D eigenvalue weighted by Crippen LogP contribution is -2.23. The van der Waals surface area contributed by atoms with Crippen molar-refractivity contribution in [3.63, 3.8) is 0 Å². The Bertz CT molecular complexity index is 1170. The minimum Gasteiger partial charge on any atom is -0.347 e. The summed E-state index contributed by atoms with van der Waals surface area (Å²) in [6.07, 6.45) is 4.94. The molecular formula is C21H16FN5O2. The number of aromatic nitrogens is 3. The highest BCUT2D eigenvalue weighted by atomic mass is 19.1. The first-order valence-electron chi connectivity index (χ1n) is 8.83. The largest absolute Gasteiger partial charge is 0.347 e. The monoisotopic (exact) mass is 389 g/mol. The van der Waals surface area contributed by atoms with Gasteiger partial charge in [0.1, 0.15) is 5.82 Å². The minimum atomic E-state index is -0.508. The van der Waals surface area contributed by atoms with E-state index in [-0.39, 0.29) is 11.5 Å². The maximum absolute atomic E-state index is 13.1. The number of benzene rings is 1. The number of imidazole rings is 1. The summed E-state index contributed by atoms with van der Waals surface area (Å²) in [5.41, 5.74) is 1.96. The normalized spacial score (nSPS) is 10.7. The molecule has 0 aliphatic heterocycles. The minimum absolute atomic E-state index is 0.0546. The van der Waals surface area contributed by atoms with Crippen LogP contribution in [0.25, 0.3) is 5.52 Å². The van der Waals surface area contributed by atoms with Crippen LogP contribution in [0.3, 0.4) is 0 Å². The number of pyridine rings is 2. The van der Waals surface area contributed by atoms with Crippen molar-refractivity contribution in [2.45, 2.75) is 6.54 Å². The molecule has 0 unspecified atom stereocenters. The molecule has 2 amide bonds. The van der Waals surface area contributed by atoms with Gasteiger partial charge in [0.2, 0.25) is 5.82 Å². The molecule has 29 heavy (non-hydrogen) atoms. The zero-order chi connectivity index (χ0) is 20.2. The Kier molecular flexibility index (Phi) is 4.98. The number of hydrogen-bond donors (Lipinski definition) is 2. The van der Waals surface area contributed by atoms with Crippen molar-refractivity contribution in [3.05, 3.63) is 96.1 Å². The van der Waals surface area contributed by atoms with Crippen LogP contribution in [-0.2, 0) is 6.54 Å². The van der Waals surface area contributed by atoms with E-state index in [1.54, 1.807) is 53.3 Å². The Hall–Kier alpha value is -4.07. The molecule has 3 heterocycles. The number of fused-ring (bicyclic) bond motifs is 1. The van der Waals surface area contributed by atoms with Gasteiger partial charge in [-0.25, -0.2) is 9.37 Å². The fourth-order valence-corrected chi connectivity index (χ4v) is 2.85. The van der Waals surface area contributed by atoms with Gasteiger partial charge in [-0.05, 0) is 54.1 Å². The van der Waals surface area contributed by atoms with Crippen LogP contribution in [0.5, 0.6) is 0 Å². The van der Waals surface area contributed by atoms with Crippen LogP contribution < -0.4 is 10.6 Å².